The Hall–Kier alpha value is -1.78. The van der Waals surface area contributed by atoms with Crippen molar-refractivity contribution in [3.05, 3.63) is 22.8 Å². The summed E-state index contributed by atoms with van der Waals surface area (Å²) < 4.78 is 3.08. The summed E-state index contributed by atoms with van der Waals surface area (Å²) in [6, 6.07) is 0. The first-order valence-electron chi connectivity index (χ1n) is 8.02. The number of carbonyl (C=O) groups is 2. The Bertz CT molecular complexity index is 436. The van der Waals surface area contributed by atoms with Crippen LogP contribution in [0.3, 0.4) is 0 Å². The van der Waals surface area contributed by atoms with Gasteiger partial charge in [-0.05, 0) is 69.4 Å². The van der Waals surface area contributed by atoms with Crippen LogP contribution in [0.15, 0.2) is 22.8 Å². The molecular weight excluding hydrogens is 284 g/mol. The van der Waals surface area contributed by atoms with Crippen LogP contribution < -0.4 is 0 Å². The summed E-state index contributed by atoms with van der Waals surface area (Å²) >= 11 is 0. The van der Waals surface area contributed by atoms with E-state index in [1.54, 1.807) is 16.7 Å². The molecule has 5 heteroatoms. The second kappa shape index (κ2) is 10.0. The van der Waals surface area contributed by atoms with Crippen molar-refractivity contribution in [2.75, 3.05) is 0 Å². The van der Waals surface area contributed by atoms with Crippen molar-refractivity contribution in [3.8, 4) is 0 Å². The molecule has 0 saturated heterocycles. The third-order valence-corrected chi connectivity index (χ3v) is 4.10. The van der Waals surface area contributed by atoms with E-state index in [1.807, 2.05) is 0 Å². The zero-order chi connectivity index (χ0) is 16.4. The van der Waals surface area contributed by atoms with Crippen LogP contribution in [-0.2, 0) is 4.74 Å². The topological polar surface area (TPSA) is 83.8 Å². The van der Waals surface area contributed by atoms with Gasteiger partial charge >= 0.3 is 12.3 Å². The molecule has 5 nitrogen and oxygen atoms in total. The van der Waals surface area contributed by atoms with Crippen LogP contribution in [0.2, 0.25) is 0 Å². The molecule has 124 valence electrons. The van der Waals surface area contributed by atoms with Crippen LogP contribution in [-0.4, -0.2) is 22.5 Å². The van der Waals surface area contributed by atoms with Gasteiger partial charge in [0.1, 0.15) is 0 Å². The SMILES string of the molecule is CC1=C(C2=CCCCCC2)CCCCC1.O=C(O)OC(=O)O. The third kappa shape index (κ3) is 7.29. The van der Waals surface area contributed by atoms with Crippen molar-refractivity contribution in [2.45, 2.75) is 71.1 Å². The molecule has 2 N–H and O–H groups in total. The molecular formula is C17H26O5. The zero-order valence-electron chi connectivity index (χ0n) is 13.3. The van der Waals surface area contributed by atoms with Crippen molar-refractivity contribution in [3.63, 3.8) is 0 Å². The van der Waals surface area contributed by atoms with E-state index in [0.29, 0.717) is 0 Å². The largest absolute Gasteiger partial charge is 0.516 e. The predicted molar refractivity (Wildman–Crippen MR) is 84.1 cm³/mol. The molecule has 0 aromatic carbocycles. The van der Waals surface area contributed by atoms with Crippen LogP contribution >= 0.6 is 0 Å². The smallest absolute Gasteiger partial charge is 0.449 e. The minimum absolute atomic E-state index is 1.33. The zero-order valence-corrected chi connectivity index (χ0v) is 13.3. The quantitative estimate of drug-likeness (QED) is 0.492. The van der Waals surface area contributed by atoms with Gasteiger partial charge in [0.25, 0.3) is 0 Å². The standard InChI is InChI=1S/C15H24.C2H2O5/c1-13-9-5-4-8-12-15(13)14-10-6-2-3-7-11-14;3-1(4)7-2(5)6/h10H,2-9,11-12H2,1H3;(H,3,4)(H,5,6). The Morgan fingerprint density at radius 2 is 1.50 bits per heavy atom. The van der Waals surface area contributed by atoms with Gasteiger partial charge in [-0.2, -0.15) is 0 Å². The first-order chi connectivity index (χ1) is 10.5. The molecule has 22 heavy (non-hydrogen) atoms. The van der Waals surface area contributed by atoms with E-state index in [2.05, 4.69) is 17.7 Å². The van der Waals surface area contributed by atoms with Gasteiger partial charge < -0.3 is 14.9 Å². The minimum atomic E-state index is -1.81. The number of hydrogen-bond acceptors (Lipinski definition) is 3. The van der Waals surface area contributed by atoms with Gasteiger partial charge in [-0.15, -0.1) is 0 Å². The van der Waals surface area contributed by atoms with Crippen LogP contribution in [0.1, 0.15) is 71.1 Å². The van der Waals surface area contributed by atoms with Crippen LogP contribution in [0.4, 0.5) is 9.59 Å². The monoisotopic (exact) mass is 310 g/mol. The Morgan fingerprint density at radius 1 is 0.909 bits per heavy atom. The Balaban J connectivity index is 0.000000295. The van der Waals surface area contributed by atoms with Crippen LogP contribution in [0.5, 0.6) is 0 Å². The Kier molecular flexibility index (Phi) is 8.33. The molecule has 0 spiro atoms. The van der Waals surface area contributed by atoms with Gasteiger partial charge in [-0.3, -0.25) is 0 Å². The van der Waals surface area contributed by atoms with E-state index in [0.717, 1.165) is 0 Å². The van der Waals surface area contributed by atoms with Gasteiger partial charge in [-0.1, -0.05) is 24.5 Å². The van der Waals surface area contributed by atoms with Crippen molar-refractivity contribution in [1.82, 2.24) is 0 Å². The Morgan fingerprint density at radius 3 is 2.14 bits per heavy atom. The van der Waals surface area contributed by atoms with E-state index in [4.69, 9.17) is 10.2 Å². The molecule has 2 rings (SSSR count). The number of allylic oxidation sites excluding steroid dienone is 4. The molecule has 0 bridgehead atoms. The van der Waals surface area contributed by atoms with Gasteiger partial charge in [0.05, 0.1) is 0 Å². The molecule has 2 aliphatic carbocycles. The van der Waals surface area contributed by atoms with Gasteiger partial charge in [0.15, 0.2) is 0 Å². The highest BCUT2D eigenvalue weighted by Gasteiger charge is 2.13. The van der Waals surface area contributed by atoms with Crippen LogP contribution in [0, 0.1) is 0 Å². The summed E-state index contributed by atoms with van der Waals surface area (Å²) in [4.78, 5) is 18.4. The number of ether oxygens (including phenoxy) is 1. The fraction of sp³-hybridized carbons (Fsp3) is 0.647. The number of carboxylic acid groups (broad SMARTS) is 2. The van der Waals surface area contributed by atoms with Gasteiger partial charge in [-0.25, -0.2) is 9.59 Å². The highest BCUT2D eigenvalue weighted by Crippen LogP contribution is 2.32. The summed E-state index contributed by atoms with van der Waals surface area (Å²) in [5.74, 6) is 0. The maximum atomic E-state index is 9.21. The lowest BCUT2D eigenvalue weighted by Crippen LogP contribution is -2.05. The fourth-order valence-corrected chi connectivity index (χ4v) is 3.03. The normalized spacial score (nSPS) is 19.0. The second-order valence-electron chi connectivity index (χ2n) is 5.78. The predicted octanol–water partition coefficient (Wildman–Crippen LogP) is 5.52. The van der Waals surface area contributed by atoms with E-state index < -0.39 is 12.3 Å². The Labute approximate surface area is 131 Å². The summed E-state index contributed by atoms with van der Waals surface area (Å²) in [7, 11) is 0. The average Bonchev–Trinajstić information content (AvgIpc) is 2.80. The molecule has 0 saturated carbocycles. The molecule has 0 unspecified atom stereocenters. The van der Waals surface area contributed by atoms with E-state index in [1.165, 1.54) is 64.2 Å². The molecule has 0 amide bonds. The molecule has 0 heterocycles. The lowest BCUT2D eigenvalue weighted by Gasteiger charge is -2.12. The van der Waals surface area contributed by atoms with Crippen molar-refractivity contribution >= 4 is 12.3 Å². The molecule has 0 atom stereocenters. The molecule has 0 aromatic heterocycles. The average molecular weight is 310 g/mol. The fourth-order valence-electron chi connectivity index (χ4n) is 3.03. The van der Waals surface area contributed by atoms with Crippen LogP contribution in [0.25, 0.3) is 0 Å². The maximum Gasteiger partial charge on any atom is 0.516 e. The third-order valence-electron chi connectivity index (χ3n) is 4.10. The second-order valence-corrected chi connectivity index (χ2v) is 5.78. The maximum absolute atomic E-state index is 9.21. The number of rotatable bonds is 1. The van der Waals surface area contributed by atoms with E-state index in [-0.39, 0.29) is 0 Å². The minimum Gasteiger partial charge on any atom is -0.449 e. The van der Waals surface area contributed by atoms with Crippen molar-refractivity contribution in [1.29, 1.82) is 0 Å². The van der Waals surface area contributed by atoms with E-state index >= 15 is 0 Å². The van der Waals surface area contributed by atoms with Gasteiger partial charge in [0.2, 0.25) is 0 Å². The summed E-state index contributed by atoms with van der Waals surface area (Å²) in [5.41, 5.74) is 5.15. The molecule has 0 aliphatic heterocycles. The first kappa shape index (κ1) is 18.3. The summed E-state index contributed by atoms with van der Waals surface area (Å²) in [6.45, 7) is 2.37. The highest BCUT2D eigenvalue weighted by molar-refractivity contribution is 5.74. The lowest BCUT2D eigenvalue weighted by molar-refractivity contribution is 0.0802. The number of hydrogen-bond donors (Lipinski definition) is 2. The van der Waals surface area contributed by atoms with E-state index in [9.17, 15) is 9.59 Å². The summed E-state index contributed by atoms with van der Waals surface area (Å²) in [5, 5.41) is 15.0. The van der Waals surface area contributed by atoms with Crippen molar-refractivity contribution < 1.29 is 24.5 Å². The van der Waals surface area contributed by atoms with Crippen molar-refractivity contribution in [2.24, 2.45) is 0 Å². The van der Waals surface area contributed by atoms with Gasteiger partial charge in [0, 0.05) is 0 Å². The molecule has 0 aromatic rings. The summed E-state index contributed by atoms with van der Waals surface area (Å²) in [6.07, 6.45) is 12.9. The molecule has 2 aliphatic rings. The first-order valence-corrected chi connectivity index (χ1v) is 8.02. The molecule has 0 radical (unpaired) electrons. The highest BCUT2D eigenvalue weighted by atomic mass is 16.7. The molecule has 0 fully saturated rings. The lowest BCUT2D eigenvalue weighted by atomic mass is 9.93.